The van der Waals surface area contributed by atoms with Crippen molar-refractivity contribution in [2.24, 2.45) is 0 Å². The van der Waals surface area contributed by atoms with Gasteiger partial charge in [-0.05, 0) is 35.6 Å². The van der Waals surface area contributed by atoms with Crippen LogP contribution in [0.15, 0.2) is 10.7 Å². The highest BCUT2D eigenvalue weighted by Gasteiger charge is 2.28. The number of nitro benzene ring substituents is 1. The van der Waals surface area contributed by atoms with Crippen LogP contribution >= 0.6 is 11.6 Å². The van der Waals surface area contributed by atoms with E-state index in [4.69, 9.17) is 11.6 Å². The molecule has 0 N–H and O–H groups in total. The third kappa shape index (κ3) is 1.99. The topological polar surface area (TPSA) is 85.3 Å². The summed E-state index contributed by atoms with van der Waals surface area (Å²) in [5.74, 6) is 0. The fourth-order valence-electron chi connectivity index (χ4n) is 2.43. The summed E-state index contributed by atoms with van der Waals surface area (Å²) >= 11 is 6.09. The Kier molecular flexibility index (Phi) is 2.98. The van der Waals surface area contributed by atoms with Crippen molar-refractivity contribution in [1.82, 2.24) is 10.3 Å². The van der Waals surface area contributed by atoms with E-state index in [2.05, 4.69) is 14.9 Å². The molecule has 0 radical (unpaired) electrons. The summed E-state index contributed by atoms with van der Waals surface area (Å²) < 4.78 is 4.57. The van der Waals surface area contributed by atoms with E-state index in [1.807, 2.05) is 4.90 Å². The van der Waals surface area contributed by atoms with Gasteiger partial charge in [0.05, 0.1) is 9.95 Å². The van der Waals surface area contributed by atoms with Crippen molar-refractivity contribution >= 4 is 34.0 Å². The van der Waals surface area contributed by atoms with Crippen molar-refractivity contribution in [2.45, 2.75) is 19.3 Å². The van der Waals surface area contributed by atoms with Crippen LogP contribution in [-0.4, -0.2) is 28.3 Å². The number of benzene rings is 1. The van der Waals surface area contributed by atoms with Crippen LogP contribution in [0.3, 0.4) is 0 Å². The summed E-state index contributed by atoms with van der Waals surface area (Å²) in [6.45, 7) is 1.57. The standard InChI is InChI=1S/C11H11ClN4O3/c12-7-6-8(15-4-2-1-3-5-15)11(16(17)18)10-9(7)13-19-14-10/h6H,1-5H2. The van der Waals surface area contributed by atoms with Crippen molar-refractivity contribution in [3.63, 3.8) is 0 Å². The van der Waals surface area contributed by atoms with E-state index in [0.29, 0.717) is 10.7 Å². The number of halogens is 1. The number of rotatable bonds is 2. The molecule has 0 bridgehead atoms. The minimum absolute atomic E-state index is 0.0810. The first-order valence-electron chi connectivity index (χ1n) is 6.02. The quantitative estimate of drug-likeness (QED) is 0.622. The van der Waals surface area contributed by atoms with E-state index in [9.17, 15) is 10.1 Å². The van der Waals surface area contributed by atoms with Crippen LogP contribution in [0.5, 0.6) is 0 Å². The van der Waals surface area contributed by atoms with E-state index in [1.165, 1.54) is 0 Å². The monoisotopic (exact) mass is 282 g/mol. The largest absolute Gasteiger partial charge is 0.366 e. The van der Waals surface area contributed by atoms with Gasteiger partial charge in [0.15, 0.2) is 5.52 Å². The van der Waals surface area contributed by atoms with Crippen molar-refractivity contribution in [3.8, 4) is 0 Å². The van der Waals surface area contributed by atoms with Gasteiger partial charge in [-0.2, -0.15) is 0 Å². The van der Waals surface area contributed by atoms with Crippen molar-refractivity contribution < 1.29 is 9.55 Å². The number of anilines is 1. The maximum Gasteiger partial charge on any atom is 0.323 e. The first-order valence-corrected chi connectivity index (χ1v) is 6.40. The first kappa shape index (κ1) is 12.2. The van der Waals surface area contributed by atoms with Gasteiger partial charge in [0.2, 0.25) is 5.52 Å². The molecule has 1 saturated heterocycles. The van der Waals surface area contributed by atoms with Crippen LogP contribution in [0.4, 0.5) is 11.4 Å². The Morgan fingerprint density at radius 1 is 1.26 bits per heavy atom. The van der Waals surface area contributed by atoms with Crippen LogP contribution < -0.4 is 4.90 Å². The van der Waals surface area contributed by atoms with Gasteiger partial charge < -0.3 is 4.90 Å². The van der Waals surface area contributed by atoms with Gasteiger partial charge in [-0.1, -0.05) is 11.6 Å². The SMILES string of the molecule is O=[N+]([O-])c1c(N2CCCCC2)cc(Cl)c2nonc12. The Hall–Kier alpha value is -1.89. The number of aromatic nitrogens is 2. The zero-order valence-electron chi connectivity index (χ0n) is 10.0. The van der Waals surface area contributed by atoms with Gasteiger partial charge >= 0.3 is 5.69 Å². The minimum Gasteiger partial charge on any atom is -0.366 e. The highest BCUT2D eigenvalue weighted by atomic mass is 35.5. The third-order valence-electron chi connectivity index (χ3n) is 3.32. The van der Waals surface area contributed by atoms with Crippen molar-refractivity contribution in [3.05, 3.63) is 21.2 Å². The molecule has 8 heteroatoms. The molecule has 0 spiro atoms. The lowest BCUT2D eigenvalue weighted by Gasteiger charge is -2.28. The molecular formula is C11H11ClN4O3. The van der Waals surface area contributed by atoms with Crippen LogP contribution in [0.1, 0.15) is 19.3 Å². The molecule has 100 valence electrons. The second kappa shape index (κ2) is 4.65. The number of nitrogens with zero attached hydrogens (tertiary/aromatic N) is 4. The molecule has 1 aliphatic heterocycles. The summed E-state index contributed by atoms with van der Waals surface area (Å²) in [6, 6.07) is 1.58. The zero-order valence-corrected chi connectivity index (χ0v) is 10.8. The molecule has 0 saturated carbocycles. The predicted molar refractivity (Wildman–Crippen MR) is 69.5 cm³/mol. The number of piperidine rings is 1. The highest BCUT2D eigenvalue weighted by Crippen LogP contribution is 2.39. The summed E-state index contributed by atoms with van der Waals surface area (Å²) in [6.07, 6.45) is 3.18. The summed E-state index contributed by atoms with van der Waals surface area (Å²) in [4.78, 5) is 12.8. The lowest BCUT2D eigenvalue weighted by molar-refractivity contribution is -0.382. The molecule has 1 fully saturated rings. The highest BCUT2D eigenvalue weighted by molar-refractivity contribution is 6.35. The van der Waals surface area contributed by atoms with Gasteiger partial charge in [0.1, 0.15) is 5.69 Å². The molecule has 0 atom stereocenters. The van der Waals surface area contributed by atoms with E-state index in [-0.39, 0.29) is 16.7 Å². The second-order valence-electron chi connectivity index (χ2n) is 4.49. The smallest absolute Gasteiger partial charge is 0.323 e. The fraction of sp³-hybridized carbons (Fsp3) is 0.455. The summed E-state index contributed by atoms with van der Waals surface area (Å²) in [5.41, 5.74) is 0.757. The number of hydrogen-bond acceptors (Lipinski definition) is 6. The van der Waals surface area contributed by atoms with Crippen molar-refractivity contribution in [2.75, 3.05) is 18.0 Å². The van der Waals surface area contributed by atoms with Crippen LogP contribution in [0.2, 0.25) is 5.02 Å². The Bertz CT molecular complexity index is 636. The summed E-state index contributed by atoms with van der Waals surface area (Å²) in [7, 11) is 0. The molecule has 1 aromatic heterocycles. The van der Waals surface area contributed by atoms with Gasteiger partial charge in [-0.3, -0.25) is 10.1 Å². The van der Waals surface area contributed by atoms with Crippen LogP contribution in [0, 0.1) is 10.1 Å². The molecule has 2 aromatic rings. The molecule has 19 heavy (non-hydrogen) atoms. The molecule has 0 amide bonds. The summed E-state index contributed by atoms with van der Waals surface area (Å²) in [5, 5.41) is 18.9. The molecule has 1 aromatic carbocycles. The fourth-order valence-corrected chi connectivity index (χ4v) is 2.66. The average Bonchev–Trinajstić information content (AvgIpc) is 2.88. The second-order valence-corrected chi connectivity index (χ2v) is 4.90. The van der Waals surface area contributed by atoms with Gasteiger partial charge in [0.25, 0.3) is 0 Å². The minimum atomic E-state index is -0.452. The van der Waals surface area contributed by atoms with Crippen LogP contribution in [0.25, 0.3) is 11.0 Å². The number of hydrogen-bond donors (Lipinski definition) is 0. The Morgan fingerprint density at radius 3 is 2.63 bits per heavy atom. The maximum atomic E-state index is 11.3. The molecule has 7 nitrogen and oxygen atoms in total. The molecule has 2 heterocycles. The molecular weight excluding hydrogens is 272 g/mol. The molecule has 1 aliphatic rings. The average molecular weight is 283 g/mol. The van der Waals surface area contributed by atoms with Gasteiger partial charge in [-0.25, -0.2) is 4.63 Å². The molecule has 0 aliphatic carbocycles. The van der Waals surface area contributed by atoms with E-state index < -0.39 is 4.92 Å². The van der Waals surface area contributed by atoms with Crippen molar-refractivity contribution in [1.29, 1.82) is 0 Å². The van der Waals surface area contributed by atoms with Gasteiger partial charge in [0, 0.05) is 13.1 Å². The lowest BCUT2D eigenvalue weighted by atomic mass is 10.1. The lowest BCUT2D eigenvalue weighted by Crippen LogP contribution is -2.30. The van der Waals surface area contributed by atoms with E-state index in [0.717, 1.165) is 32.4 Å². The number of nitro groups is 1. The van der Waals surface area contributed by atoms with E-state index in [1.54, 1.807) is 6.07 Å². The third-order valence-corrected chi connectivity index (χ3v) is 3.61. The Morgan fingerprint density at radius 2 is 1.95 bits per heavy atom. The first-order chi connectivity index (χ1) is 9.18. The molecule has 0 unspecified atom stereocenters. The van der Waals surface area contributed by atoms with Gasteiger partial charge in [-0.15, -0.1) is 0 Å². The Balaban J connectivity index is 2.21. The predicted octanol–water partition coefficient (Wildman–Crippen LogP) is 2.77. The maximum absolute atomic E-state index is 11.3. The van der Waals surface area contributed by atoms with Crippen LogP contribution in [-0.2, 0) is 0 Å². The van der Waals surface area contributed by atoms with E-state index >= 15 is 0 Å². The molecule has 3 rings (SSSR count). The number of fused-ring (bicyclic) bond motifs is 1. The zero-order chi connectivity index (χ0) is 13.4. The normalized spacial score (nSPS) is 15.9. The Labute approximate surface area is 113 Å².